The maximum atomic E-state index is 9.89. The summed E-state index contributed by atoms with van der Waals surface area (Å²) >= 11 is 1.56. The molecule has 0 aliphatic carbocycles. The quantitative estimate of drug-likeness (QED) is 0.856. The Balaban J connectivity index is 1.89. The van der Waals surface area contributed by atoms with Gasteiger partial charge >= 0.3 is 0 Å². The van der Waals surface area contributed by atoms with E-state index in [0.29, 0.717) is 6.54 Å². The average molecular weight is 249 g/mol. The predicted molar refractivity (Wildman–Crippen MR) is 70.8 cm³/mol. The first kappa shape index (κ1) is 12.0. The fraction of sp³-hybridized carbons (Fsp3) is 0.231. The molecule has 1 aromatic carbocycles. The molecule has 2 rings (SSSR count). The third kappa shape index (κ3) is 3.22. The molecule has 2 aromatic rings. The molecule has 2 N–H and O–H groups in total. The summed E-state index contributed by atoms with van der Waals surface area (Å²) in [5, 5.41) is 15.0. The first-order valence-electron chi connectivity index (χ1n) is 5.39. The highest BCUT2D eigenvalue weighted by atomic mass is 32.1. The van der Waals surface area contributed by atoms with Crippen molar-refractivity contribution in [3.05, 3.63) is 46.7 Å². The summed E-state index contributed by atoms with van der Waals surface area (Å²) in [5.41, 5.74) is 0.974. The number of aliphatic hydroxyl groups is 1. The third-order valence-electron chi connectivity index (χ3n) is 2.46. The molecule has 0 unspecified atom stereocenters. The summed E-state index contributed by atoms with van der Waals surface area (Å²) in [6.45, 7) is 0.507. The van der Waals surface area contributed by atoms with Gasteiger partial charge in [0.25, 0.3) is 0 Å². The van der Waals surface area contributed by atoms with Crippen molar-refractivity contribution < 1.29 is 9.84 Å². The minimum atomic E-state index is -0.461. The van der Waals surface area contributed by atoms with Crippen molar-refractivity contribution in [2.75, 3.05) is 19.0 Å². The number of hydrogen-bond donors (Lipinski definition) is 2. The summed E-state index contributed by atoms with van der Waals surface area (Å²) in [7, 11) is 1.64. The molecule has 4 heteroatoms. The van der Waals surface area contributed by atoms with E-state index in [1.165, 1.54) is 0 Å². The van der Waals surface area contributed by atoms with Crippen molar-refractivity contribution in [2.45, 2.75) is 6.10 Å². The van der Waals surface area contributed by atoms with E-state index in [4.69, 9.17) is 4.74 Å². The number of methoxy groups -OCH3 is 1. The molecular weight excluding hydrogens is 234 g/mol. The van der Waals surface area contributed by atoms with Crippen molar-refractivity contribution in [3.63, 3.8) is 0 Å². The van der Waals surface area contributed by atoms with Crippen LogP contribution < -0.4 is 10.1 Å². The van der Waals surface area contributed by atoms with Gasteiger partial charge in [-0.25, -0.2) is 0 Å². The topological polar surface area (TPSA) is 41.5 Å². The number of ether oxygens (including phenoxy) is 1. The maximum Gasteiger partial charge on any atom is 0.119 e. The molecule has 1 aromatic heterocycles. The summed E-state index contributed by atoms with van der Waals surface area (Å²) in [6.07, 6.45) is -0.461. The van der Waals surface area contributed by atoms with Gasteiger partial charge in [-0.2, -0.15) is 0 Å². The Morgan fingerprint density at radius 2 is 2.06 bits per heavy atom. The SMILES string of the molecule is COc1ccc(NC[C@@H](O)c2cccs2)cc1. The fourth-order valence-electron chi connectivity index (χ4n) is 1.50. The summed E-state index contributed by atoms with van der Waals surface area (Å²) < 4.78 is 5.08. The normalized spacial score (nSPS) is 12.1. The van der Waals surface area contributed by atoms with Crippen LogP contribution in [-0.2, 0) is 0 Å². The van der Waals surface area contributed by atoms with E-state index in [1.54, 1.807) is 18.4 Å². The number of benzene rings is 1. The Morgan fingerprint density at radius 3 is 2.65 bits per heavy atom. The van der Waals surface area contributed by atoms with Gasteiger partial charge in [-0.15, -0.1) is 11.3 Å². The van der Waals surface area contributed by atoms with Crippen molar-refractivity contribution in [2.24, 2.45) is 0 Å². The Labute approximate surface area is 105 Å². The van der Waals surface area contributed by atoms with Crippen molar-refractivity contribution in [1.82, 2.24) is 0 Å². The van der Waals surface area contributed by atoms with Crippen LogP contribution in [0.2, 0.25) is 0 Å². The van der Waals surface area contributed by atoms with E-state index in [9.17, 15) is 5.11 Å². The number of nitrogens with one attached hydrogen (secondary N) is 1. The Hall–Kier alpha value is -1.52. The van der Waals surface area contributed by atoms with E-state index < -0.39 is 6.10 Å². The fourth-order valence-corrected chi connectivity index (χ4v) is 2.22. The lowest BCUT2D eigenvalue weighted by Gasteiger charge is -2.11. The second kappa shape index (κ2) is 5.70. The van der Waals surface area contributed by atoms with Gasteiger partial charge in [0, 0.05) is 17.1 Å². The lowest BCUT2D eigenvalue weighted by molar-refractivity contribution is 0.195. The molecule has 0 amide bonds. The molecule has 0 bridgehead atoms. The molecule has 0 radical (unpaired) electrons. The number of hydrogen-bond acceptors (Lipinski definition) is 4. The third-order valence-corrected chi connectivity index (χ3v) is 3.43. The van der Waals surface area contributed by atoms with Gasteiger partial charge in [0.05, 0.1) is 7.11 Å². The van der Waals surface area contributed by atoms with Gasteiger partial charge in [0.15, 0.2) is 0 Å². The number of anilines is 1. The van der Waals surface area contributed by atoms with Crippen LogP contribution in [0.25, 0.3) is 0 Å². The second-order valence-electron chi connectivity index (χ2n) is 3.64. The highest BCUT2D eigenvalue weighted by Crippen LogP contribution is 2.20. The second-order valence-corrected chi connectivity index (χ2v) is 4.62. The van der Waals surface area contributed by atoms with Crippen molar-refractivity contribution in [3.8, 4) is 5.75 Å². The molecule has 0 spiro atoms. The van der Waals surface area contributed by atoms with Crippen LogP contribution in [0.3, 0.4) is 0 Å². The minimum Gasteiger partial charge on any atom is -0.497 e. The van der Waals surface area contributed by atoms with Crippen LogP contribution in [0.1, 0.15) is 11.0 Å². The zero-order valence-corrected chi connectivity index (χ0v) is 10.4. The molecule has 0 fully saturated rings. The Morgan fingerprint density at radius 1 is 1.29 bits per heavy atom. The zero-order chi connectivity index (χ0) is 12.1. The molecule has 0 saturated heterocycles. The Bertz CT molecular complexity index is 439. The standard InChI is InChI=1S/C13H15NO2S/c1-16-11-6-4-10(5-7-11)14-9-12(15)13-3-2-8-17-13/h2-8,12,14-15H,9H2,1H3/t12-/m1/s1. The van der Waals surface area contributed by atoms with Gasteiger partial charge < -0.3 is 15.2 Å². The van der Waals surface area contributed by atoms with E-state index in [1.807, 2.05) is 41.8 Å². The van der Waals surface area contributed by atoms with Crippen LogP contribution in [0.15, 0.2) is 41.8 Å². The number of thiophene rings is 1. The lowest BCUT2D eigenvalue weighted by Crippen LogP contribution is -2.10. The highest BCUT2D eigenvalue weighted by molar-refractivity contribution is 7.10. The first-order chi connectivity index (χ1) is 8.29. The molecule has 0 saturated carbocycles. The van der Waals surface area contributed by atoms with Gasteiger partial charge in [0.1, 0.15) is 11.9 Å². The molecule has 90 valence electrons. The van der Waals surface area contributed by atoms with Gasteiger partial charge in [0.2, 0.25) is 0 Å². The Kier molecular flexibility index (Phi) is 4.01. The highest BCUT2D eigenvalue weighted by Gasteiger charge is 2.07. The van der Waals surface area contributed by atoms with E-state index >= 15 is 0 Å². The molecule has 17 heavy (non-hydrogen) atoms. The number of rotatable bonds is 5. The summed E-state index contributed by atoms with van der Waals surface area (Å²) in [6, 6.07) is 11.5. The summed E-state index contributed by atoms with van der Waals surface area (Å²) in [4.78, 5) is 0.978. The van der Waals surface area contributed by atoms with E-state index in [-0.39, 0.29) is 0 Å². The van der Waals surface area contributed by atoms with Crippen LogP contribution in [0.5, 0.6) is 5.75 Å². The average Bonchev–Trinajstić information content (AvgIpc) is 2.90. The van der Waals surface area contributed by atoms with Gasteiger partial charge in [-0.3, -0.25) is 0 Å². The first-order valence-corrected chi connectivity index (χ1v) is 6.27. The summed E-state index contributed by atoms with van der Waals surface area (Å²) in [5.74, 6) is 0.828. The predicted octanol–water partition coefficient (Wildman–Crippen LogP) is 2.90. The zero-order valence-electron chi connectivity index (χ0n) is 9.59. The van der Waals surface area contributed by atoms with Crippen LogP contribution in [0, 0.1) is 0 Å². The lowest BCUT2D eigenvalue weighted by atomic mass is 10.2. The van der Waals surface area contributed by atoms with Crippen LogP contribution in [-0.4, -0.2) is 18.8 Å². The molecule has 1 heterocycles. The molecule has 1 atom stereocenters. The largest absolute Gasteiger partial charge is 0.497 e. The van der Waals surface area contributed by atoms with Crippen molar-refractivity contribution >= 4 is 17.0 Å². The monoisotopic (exact) mass is 249 g/mol. The molecule has 0 aliphatic rings. The van der Waals surface area contributed by atoms with Gasteiger partial charge in [-0.05, 0) is 35.7 Å². The number of aliphatic hydroxyl groups excluding tert-OH is 1. The molecule has 3 nitrogen and oxygen atoms in total. The smallest absolute Gasteiger partial charge is 0.119 e. The van der Waals surface area contributed by atoms with Crippen LogP contribution in [0.4, 0.5) is 5.69 Å². The molecular formula is C13H15NO2S. The minimum absolute atomic E-state index is 0.461. The molecule has 0 aliphatic heterocycles. The van der Waals surface area contributed by atoms with Crippen molar-refractivity contribution in [1.29, 1.82) is 0 Å². The van der Waals surface area contributed by atoms with Crippen LogP contribution >= 0.6 is 11.3 Å². The van der Waals surface area contributed by atoms with Gasteiger partial charge in [-0.1, -0.05) is 6.07 Å². The van der Waals surface area contributed by atoms with E-state index in [2.05, 4.69) is 5.32 Å². The van der Waals surface area contributed by atoms with E-state index in [0.717, 1.165) is 16.3 Å². The maximum absolute atomic E-state index is 9.89.